The van der Waals surface area contributed by atoms with Gasteiger partial charge in [0.2, 0.25) is 0 Å². The van der Waals surface area contributed by atoms with Gasteiger partial charge in [0.05, 0.1) is 6.54 Å². The van der Waals surface area contributed by atoms with E-state index in [1.165, 1.54) is 4.90 Å². The molecular formula is C15H23F3N4O. The molecule has 1 amide bonds. The van der Waals surface area contributed by atoms with Crippen molar-refractivity contribution in [2.45, 2.75) is 38.9 Å². The van der Waals surface area contributed by atoms with Crippen LogP contribution in [-0.4, -0.2) is 52.9 Å². The van der Waals surface area contributed by atoms with E-state index in [9.17, 15) is 18.0 Å². The summed E-state index contributed by atoms with van der Waals surface area (Å²) in [6.45, 7) is 4.37. The molecule has 1 aromatic heterocycles. The molecule has 0 radical (unpaired) electrons. The Morgan fingerprint density at radius 2 is 2.04 bits per heavy atom. The third-order valence-corrected chi connectivity index (χ3v) is 4.05. The summed E-state index contributed by atoms with van der Waals surface area (Å²) < 4.78 is 38.7. The summed E-state index contributed by atoms with van der Waals surface area (Å²) in [5.74, 6) is 0.0350. The molecule has 1 aliphatic rings. The fourth-order valence-corrected chi connectivity index (χ4v) is 2.84. The molecule has 0 aliphatic carbocycles. The predicted molar refractivity (Wildman–Crippen MR) is 80.2 cm³/mol. The zero-order chi connectivity index (χ0) is 17.0. The second-order valence-electron chi connectivity index (χ2n) is 6.30. The average molecular weight is 332 g/mol. The maximum Gasteiger partial charge on any atom is 0.401 e. The zero-order valence-corrected chi connectivity index (χ0v) is 13.4. The molecular weight excluding hydrogens is 309 g/mol. The highest BCUT2D eigenvalue weighted by Gasteiger charge is 2.32. The number of nitrogens with zero attached hydrogens (tertiary/aromatic N) is 3. The van der Waals surface area contributed by atoms with Crippen molar-refractivity contribution in [2.24, 2.45) is 5.92 Å². The highest BCUT2D eigenvalue weighted by atomic mass is 19.4. The Bertz CT molecular complexity index is 519. The highest BCUT2D eigenvalue weighted by molar-refractivity contribution is 5.92. The molecule has 2 heterocycles. The van der Waals surface area contributed by atoms with E-state index in [2.05, 4.69) is 10.4 Å². The number of carbonyl (C=O) groups is 1. The number of aromatic nitrogens is 2. The van der Waals surface area contributed by atoms with Crippen LogP contribution in [-0.2, 0) is 0 Å². The van der Waals surface area contributed by atoms with Gasteiger partial charge in [-0.2, -0.15) is 18.3 Å². The SMILES string of the molecule is CC(C)n1nccc1C(=O)NCC1CCN(CC(F)(F)F)CC1. The summed E-state index contributed by atoms with van der Waals surface area (Å²) in [7, 11) is 0. The molecule has 0 bridgehead atoms. The molecule has 1 aliphatic heterocycles. The Morgan fingerprint density at radius 1 is 1.39 bits per heavy atom. The lowest BCUT2D eigenvalue weighted by Crippen LogP contribution is -2.42. The monoisotopic (exact) mass is 332 g/mol. The lowest BCUT2D eigenvalue weighted by atomic mass is 9.97. The number of hydrogen-bond acceptors (Lipinski definition) is 3. The van der Waals surface area contributed by atoms with Crippen LogP contribution < -0.4 is 5.32 Å². The van der Waals surface area contributed by atoms with Crippen LogP contribution in [0.15, 0.2) is 12.3 Å². The standard InChI is InChI=1S/C15H23F3N4O/c1-11(2)22-13(3-6-20-22)14(23)19-9-12-4-7-21(8-5-12)10-15(16,17)18/h3,6,11-12H,4-5,7-10H2,1-2H3,(H,19,23). The van der Waals surface area contributed by atoms with Crippen LogP contribution in [0.3, 0.4) is 0 Å². The third kappa shape index (κ3) is 5.23. The number of rotatable bonds is 5. The molecule has 0 atom stereocenters. The highest BCUT2D eigenvalue weighted by Crippen LogP contribution is 2.22. The molecule has 1 N–H and O–H groups in total. The van der Waals surface area contributed by atoms with Gasteiger partial charge in [0.1, 0.15) is 5.69 Å². The molecule has 130 valence electrons. The molecule has 0 saturated carbocycles. The zero-order valence-electron chi connectivity index (χ0n) is 13.4. The molecule has 0 unspecified atom stereocenters. The normalized spacial score (nSPS) is 17.7. The van der Waals surface area contributed by atoms with Gasteiger partial charge in [-0.1, -0.05) is 0 Å². The smallest absolute Gasteiger partial charge is 0.350 e. The van der Waals surface area contributed by atoms with E-state index in [4.69, 9.17) is 0 Å². The van der Waals surface area contributed by atoms with Crippen molar-refractivity contribution in [3.05, 3.63) is 18.0 Å². The summed E-state index contributed by atoms with van der Waals surface area (Å²) in [5.41, 5.74) is 0.509. The van der Waals surface area contributed by atoms with Crippen molar-refractivity contribution in [2.75, 3.05) is 26.2 Å². The second kappa shape index (κ2) is 7.33. The first kappa shape index (κ1) is 17.8. The largest absolute Gasteiger partial charge is 0.401 e. The molecule has 1 aromatic rings. The fourth-order valence-electron chi connectivity index (χ4n) is 2.84. The van der Waals surface area contributed by atoms with Gasteiger partial charge in [-0.15, -0.1) is 0 Å². The van der Waals surface area contributed by atoms with Crippen LogP contribution in [0.1, 0.15) is 43.2 Å². The van der Waals surface area contributed by atoms with Gasteiger partial charge in [-0.3, -0.25) is 14.4 Å². The van der Waals surface area contributed by atoms with E-state index in [1.54, 1.807) is 16.9 Å². The van der Waals surface area contributed by atoms with E-state index >= 15 is 0 Å². The Labute approximate surface area is 133 Å². The van der Waals surface area contributed by atoms with Gasteiger partial charge in [0, 0.05) is 18.8 Å². The average Bonchev–Trinajstić information content (AvgIpc) is 2.94. The number of nitrogens with one attached hydrogen (secondary N) is 1. The lowest BCUT2D eigenvalue weighted by Gasteiger charge is -2.32. The van der Waals surface area contributed by atoms with E-state index in [0.29, 0.717) is 38.2 Å². The van der Waals surface area contributed by atoms with Gasteiger partial charge in [-0.25, -0.2) is 0 Å². The van der Waals surface area contributed by atoms with Gasteiger partial charge in [-0.05, 0) is 51.8 Å². The molecule has 1 fully saturated rings. The second-order valence-corrected chi connectivity index (χ2v) is 6.30. The minimum absolute atomic E-state index is 0.0938. The van der Waals surface area contributed by atoms with Gasteiger partial charge >= 0.3 is 6.18 Å². The lowest BCUT2D eigenvalue weighted by molar-refractivity contribution is -0.148. The van der Waals surface area contributed by atoms with E-state index < -0.39 is 12.7 Å². The molecule has 0 aromatic carbocycles. The minimum Gasteiger partial charge on any atom is -0.350 e. The Morgan fingerprint density at radius 3 is 2.61 bits per heavy atom. The summed E-state index contributed by atoms with van der Waals surface area (Å²) in [4.78, 5) is 13.6. The van der Waals surface area contributed by atoms with Crippen LogP contribution in [0, 0.1) is 5.92 Å². The van der Waals surface area contributed by atoms with Crippen LogP contribution >= 0.6 is 0 Å². The van der Waals surface area contributed by atoms with Crippen molar-refractivity contribution in [3.8, 4) is 0 Å². The molecule has 0 spiro atoms. The fraction of sp³-hybridized carbons (Fsp3) is 0.733. The molecule has 23 heavy (non-hydrogen) atoms. The van der Waals surface area contributed by atoms with Gasteiger partial charge in [0.15, 0.2) is 0 Å². The molecule has 5 nitrogen and oxygen atoms in total. The number of halogens is 3. The van der Waals surface area contributed by atoms with Crippen molar-refractivity contribution in [1.29, 1.82) is 0 Å². The number of piperidine rings is 1. The first-order valence-corrected chi connectivity index (χ1v) is 7.87. The number of likely N-dealkylation sites (tertiary alicyclic amines) is 1. The van der Waals surface area contributed by atoms with E-state index in [1.807, 2.05) is 13.8 Å². The first-order valence-electron chi connectivity index (χ1n) is 7.87. The van der Waals surface area contributed by atoms with E-state index in [-0.39, 0.29) is 17.9 Å². The van der Waals surface area contributed by atoms with Crippen LogP contribution in [0.5, 0.6) is 0 Å². The number of hydrogen-bond donors (Lipinski definition) is 1. The number of carbonyl (C=O) groups excluding carboxylic acids is 1. The minimum atomic E-state index is -4.14. The maximum absolute atomic E-state index is 12.3. The van der Waals surface area contributed by atoms with Gasteiger partial charge < -0.3 is 5.32 Å². The summed E-state index contributed by atoms with van der Waals surface area (Å²) >= 11 is 0. The first-order chi connectivity index (χ1) is 10.8. The summed E-state index contributed by atoms with van der Waals surface area (Å²) in [5, 5.41) is 6.99. The number of alkyl halides is 3. The van der Waals surface area contributed by atoms with Crippen LogP contribution in [0.2, 0.25) is 0 Å². The third-order valence-electron chi connectivity index (χ3n) is 4.05. The van der Waals surface area contributed by atoms with E-state index in [0.717, 1.165) is 0 Å². The Kier molecular flexibility index (Phi) is 5.67. The van der Waals surface area contributed by atoms with Crippen molar-refractivity contribution in [1.82, 2.24) is 20.0 Å². The van der Waals surface area contributed by atoms with Crippen molar-refractivity contribution < 1.29 is 18.0 Å². The predicted octanol–water partition coefficient (Wildman–Crippen LogP) is 2.47. The maximum atomic E-state index is 12.3. The van der Waals surface area contributed by atoms with Gasteiger partial charge in [0.25, 0.3) is 5.91 Å². The Hall–Kier alpha value is -1.57. The van der Waals surface area contributed by atoms with Crippen LogP contribution in [0.25, 0.3) is 0 Å². The topological polar surface area (TPSA) is 50.2 Å². The van der Waals surface area contributed by atoms with Crippen molar-refractivity contribution in [3.63, 3.8) is 0 Å². The quantitative estimate of drug-likeness (QED) is 0.901. The Balaban J connectivity index is 1.77. The number of amides is 1. The van der Waals surface area contributed by atoms with Crippen LogP contribution in [0.4, 0.5) is 13.2 Å². The van der Waals surface area contributed by atoms with Crippen molar-refractivity contribution >= 4 is 5.91 Å². The summed E-state index contributed by atoms with van der Waals surface area (Å²) in [6, 6.07) is 1.76. The molecule has 1 saturated heterocycles. The summed E-state index contributed by atoms with van der Waals surface area (Å²) in [6.07, 6.45) is -1.22. The molecule has 8 heteroatoms. The molecule has 2 rings (SSSR count).